The molecule has 0 aliphatic carbocycles. The number of aromatic nitrogens is 3. The molecule has 2 aliphatic heterocycles. The van der Waals surface area contributed by atoms with Gasteiger partial charge in [-0.05, 0) is 44.9 Å². The summed E-state index contributed by atoms with van der Waals surface area (Å²) in [5, 5.41) is 14.2. The van der Waals surface area contributed by atoms with Crippen LogP contribution >= 0.6 is 0 Å². The van der Waals surface area contributed by atoms with Crippen molar-refractivity contribution >= 4 is 5.69 Å². The maximum Gasteiger partial charge on any atom is 0.269 e. The number of aliphatic hydroxyl groups excluding tert-OH is 1. The van der Waals surface area contributed by atoms with Crippen molar-refractivity contribution < 1.29 is 5.11 Å². The maximum atomic E-state index is 12.7. The third kappa shape index (κ3) is 3.89. The molecule has 2 aliphatic rings. The SMILES string of the molecule is C[C@H](c1ccccn1)N1CCC[C@@H](n2ncc(N3CC[C@H](O)C3)cc2=O)C1. The fraction of sp³-hybridized carbons (Fsp3) is 0.550. The first kappa shape index (κ1) is 18.1. The van der Waals surface area contributed by atoms with Crippen molar-refractivity contribution in [1.29, 1.82) is 0 Å². The fourth-order valence-corrected chi connectivity index (χ4v) is 4.18. The van der Waals surface area contributed by atoms with Crippen LogP contribution < -0.4 is 10.5 Å². The van der Waals surface area contributed by atoms with E-state index in [1.165, 1.54) is 0 Å². The predicted octanol–water partition coefficient (Wildman–Crippen LogP) is 1.61. The van der Waals surface area contributed by atoms with Gasteiger partial charge in [0.05, 0.1) is 29.7 Å². The highest BCUT2D eigenvalue weighted by molar-refractivity contribution is 5.44. The molecule has 0 amide bonds. The summed E-state index contributed by atoms with van der Waals surface area (Å²) in [6, 6.07) is 7.95. The monoisotopic (exact) mass is 369 g/mol. The van der Waals surface area contributed by atoms with Crippen LogP contribution in [-0.4, -0.2) is 57.1 Å². The maximum absolute atomic E-state index is 12.7. The van der Waals surface area contributed by atoms with Crippen molar-refractivity contribution in [3.63, 3.8) is 0 Å². The number of piperidine rings is 1. The number of pyridine rings is 1. The third-order valence-corrected chi connectivity index (χ3v) is 5.78. The van der Waals surface area contributed by atoms with E-state index in [0.717, 1.165) is 50.3 Å². The number of hydrogen-bond donors (Lipinski definition) is 1. The molecule has 2 aromatic rings. The van der Waals surface area contributed by atoms with E-state index in [1.54, 1.807) is 16.9 Å². The van der Waals surface area contributed by atoms with Crippen molar-refractivity contribution in [3.8, 4) is 0 Å². The van der Waals surface area contributed by atoms with E-state index in [9.17, 15) is 9.90 Å². The van der Waals surface area contributed by atoms with E-state index in [4.69, 9.17) is 0 Å². The highest BCUT2D eigenvalue weighted by Gasteiger charge is 2.28. The van der Waals surface area contributed by atoms with Gasteiger partial charge in [-0.3, -0.25) is 14.7 Å². The lowest BCUT2D eigenvalue weighted by Gasteiger charge is -2.36. The van der Waals surface area contributed by atoms with Crippen LogP contribution in [0.1, 0.15) is 44.0 Å². The van der Waals surface area contributed by atoms with Crippen molar-refractivity contribution in [1.82, 2.24) is 19.7 Å². The Bertz CT molecular complexity index is 825. The zero-order valence-electron chi connectivity index (χ0n) is 15.7. The molecule has 144 valence electrons. The van der Waals surface area contributed by atoms with Crippen LogP contribution in [0, 0.1) is 0 Å². The molecule has 7 nitrogen and oxygen atoms in total. The smallest absolute Gasteiger partial charge is 0.269 e. The molecule has 0 spiro atoms. The van der Waals surface area contributed by atoms with Gasteiger partial charge in [0, 0.05) is 37.9 Å². The average Bonchev–Trinajstić information content (AvgIpc) is 3.14. The van der Waals surface area contributed by atoms with Gasteiger partial charge in [-0.2, -0.15) is 5.10 Å². The largest absolute Gasteiger partial charge is 0.391 e. The molecule has 0 unspecified atom stereocenters. The molecule has 2 aromatic heterocycles. The van der Waals surface area contributed by atoms with Gasteiger partial charge >= 0.3 is 0 Å². The highest BCUT2D eigenvalue weighted by atomic mass is 16.3. The van der Waals surface area contributed by atoms with E-state index >= 15 is 0 Å². The molecular weight excluding hydrogens is 342 g/mol. The Balaban J connectivity index is 1.49. The molecule has 0 aromatic carbocycles. The molecule has 3 atom stereocenters. The summed E-state index contributed by atoms with van der Waals surface area (Å²) in [5.41, 5.74) is 1.80. The Labute approximate surface area is 159 Å². The van der Waals surface area contributed by atoms with Gasteiger partial charge in [0.1, 0.15) is 0 Å². The second kappa shape index (κ2) is 7.78. The zero-order valence-corrected chi connectivity index (χ0v) is 15.7. The van der Waals surface area contributed by atoms with E-state index in [1.807, 2.05) is 23.2 Å². The molecule has 27 heavy (non-hydrogen) atoms. The van der Waals surface area contributed by atoms with Gasteiger partial charge in [-0.15, -0.1) is 0 Å². The number of likely N-dealkylation sites (tertiary alicyclic amines) is 1. The number of nitrogens with zero attached hydrogens (tertiary/aromatic N) is 5. The molecule has 2 fully saturated rings. The van der Waals surface area contributed by atoms with E-state index in [2.05, 4.69) is 28.0 Å². The molecular formula is C20H27N5O2. The average molecular weight is 369 g/mol. The summed E-state index contributed by atoms with van der Waals surface area (Å²) in [4.78, 5) is 21.6. The minimum Gasteiger partial charge on any atom is -0.391 e. The lowest BCUT2D eigenvalue weighted by atomic mass is 10.0. The summed E-state index contributed by atoms with van der Waals surface area (Å²) in [7, 11) is 0. The Morgan fingerprint density at radius 2 is 2.11 bits per heavy atom. The van der Waals surface area contributed by atoms with Crippen LogP contribution in [0.5, 0.6) is 0 Å². The summed E-state index contributed by atoms with van der Waals surface area (Å²) < 4.78 is 1.63. The predicted molar refractivity (Wildman–Crippen MR) is 104 cm³/mol. The second-order valence-electron chi connectivity index (χ2n) is 7.61. The van der Waals surface area contributed by atoms with Crippen LogP contribution in [0.4, 0.5) is 5.69 Å². The lowest BCUT2D eigenvalue weighted by Crippen LogP contribution is -2.42. The quantitative estimate of drug-likeness (QED) is 0.883. The van der Waals surface area contributed by atoms with Crippen LogP contribution in [0.15, 0.2) is 41.5 Å². The van der Waals surface area contributed by atoms with Crippen molar-refractivity contribution in [2.24, 2.45) is 0 Å². The van der Waals surface area contributed by atoms with Gasteiger partial charge in [0.15, 0.2) is 0 Å². The Kier molecular flexibility index (Phi) is 5.22. The molecule has 0 bridgehead atoms. The van der Waals surface area contributed by atoms with Crippen LogP contribution in [0.3, 0.4) is 0 Å². The number of rotatable bonds is 4. The summed E-state index contributed by atoms with van der Waals surface area (Å²) in [6.07, 6.45) is 6.02. The number of β-amino-alcohol motifs (C(OH)–C–C–N with tert-alkyl or cyclic N) is 1. The van der Waals surface area contributed by atoms with Gasteiger partial charge in [0.25, 0.3) is 5.56 Å². The summed E-state index contributed by atoms with van der Waals surface area (Å²) in [5.74, 6) is 0. The standard InChI is InChI=1S/C20H27N5O2/c1-15(19-6-2-3-8-21-19)23-9-4-5-16(13-23)25-20(27)11-17(12-22-25)24-10-7-18(26)14-24/h2-3,6,8,11-12,15-16,18,26H,4-5,7,9-10,13-14H2,1H3/t15-,16-,18+/m1/s1. The second-order valence-corrected chi connectivity index (χ2v) is 7.61. The Morgan fingerprint density at radius 3 is 2.81 bits per heavy atom. The Hall–Kier alpha value is -2.25. The van der Waals surface area contributed by atoms with Gasteiger partial charge in [-0.25, -0.2) is 4.68 Å². The van der Waals surface area contributed by atoms with E-state index < -0.39 is 0 Å². The van der Waals surface area contributed by atoms with Crippen LogP contribution in [-0.2, 0) is 0 Å². The minimum atomic E-state index is -0.313. The molecule has 1 N–H and O–H groups in total. The molecule has 4 heterocycles. The first-order valence-corrected chi connectivity index (χ1v) is 9.78. The Morgan fingerprint density at radius 1 is 1.22 bits per heavy atom. The zero-order chi connectivity index (χ0) is 18.8. The number of anilines is 1. The summed E-state index contributed by atoms with van der Waals surface area (Å²) in [6.45, 7) is 5.32. The molecule has 0 saturated carbocycles. The van der Waals surface area contributed by atoms with Crippen LogP contribution in [0.25, 0.3) is 0 Å². The molecule has 2 saturated heterocycles. The molecule has 7 heteroatoms. The first-order chi connectivity index (χ1) is 13.1. The lowest BCUT2D eigenvalue weighted by molar-refractivity contribution is 0.125. The van der Waals surface area contributed by atoms with Crippen molar-refractivity contribution in [2.45, 2.75) is 44.4 Å². The molecule has 0 radical (unpaired) electrons. The number of hydrogen-bond acceptors (Lipinski definition) is 6. The van der Waals surface area contributed by atoms with Gasteiger partial charge < -0.3 is 10.0 Å². The van der Waals surface area contributed by atoms with Crippen molar-refractivity contribution in [2.75, 3.05) is 31.1 Å². The van der Waals surface area contributed by atoms with Crippen molar-refractivity contribution in [3.05, 3.63) is 52.7 Å². The highest BCUT2D eigenvalue weighted by Crippen LogP contribution is 2.27. The van der Waals surface area contributed by atoms with Gasteiger partial charge in [-0.1, -0.05) is 6.07 Å². The topological polar surface area (TPSA) is 74.5 Å². The van der Waals surface area contributed by atoms with E-state index in [0.29, 0.717) is 6.54 Å². The minimum absolute atomic E-state index is 0.0637. The van der Waals surface area contributed by atoms with Gasteiger partial charge in [0.2, 0.25) is 0 Å². The number of aliphatic hydroxyl groups is 1. The summed E-state index contributed by atoms with van der Waals surface area (Å²) >= 11 is 0. The third-order valence-electron chi connectivity index (χ3n) is 5.78. The normalized spacial score (nSPS) is 24.9. The first-order valence-electron chi connectivity index (χ1n) is 9.78. The van der Waals surface area contributed by atoms with E-state index in [-0.39, 0.29) is 23.7 Å². The molecule has 4 rings (SSSR count). The van der Waals surface area contributed by atoms with Crippen LogP contribution in [0.2, 0.25) is 0 Å². The fourth-order valence-electron chi connectivity index (χ4n) is 4.18.